The van der Waals surface area contributed by atoms with E-state index in [2.05, 4.69) is 39.5 Å². The van der Waals surface area contributed by atoms with Crippen LogP contribution in [0.5, 0.6) is 0 Å². The first-order valence-electron chi connectivity index (χ1n) is 10.0. The summed E-state index contributed by atoms with van der Waals surface area (Å²) in [5.41, 5.74) is 4.11. The number of carbonyl (C=O) groups excluding carboxylic acids is 1. The van der Waals surface area contributed by atoms with E-state index in [-0.39, 0.29) is 17.5 Å². The SMILES string of the molecule is CSc1cc(C(C)NC(=O)Nc2cc(-c3cnn4c3CC(C)(C)C4)c(Cl)cn2)ccn1. The molecule has 1 aliphatic heterocycles. The lowest BCUT2D eigenvalue weighted by Gasteiger charge is -2.16. The van der Waals surface area contributed by atoms with E-state index in [9.17, 15) is 4.79 Å². The van der Waals surface area contributed by atoms with E-state index in [1.54, 1.807) is 30.2 Å². The molecule has 0 radical (unpaired) electrons. The summed E-state index contributed by atoms with van der Waals surface area (Å²) < 4.78 is 2.03. The minimum Gasteiger partial charge on any atom is -0.331 e. The monoisotopic (exact) mass is 456 g/mol. The molecule has 4 heterocycles. The third-order valence-corrected chi connectivity index (χ3v) is 6.32. The number of hydrogen-bond acceptors (Lipinski definition) is 5. The molecule has 0 saturated heterocycles. The van der Waals surface area contributed by atoms with Crippen molar-refractivity contribution in [1.82, 2.24) is 25.1 Å². The zero-order valence-electron chi connectivity index (χ0n) is 17.9. The first kappa shape index (κ1) is 21.6. The van der Waals surface area contributed by atoms with Crippen molar-refractivity contribution in [2.24, 2.45) is 5.41 Å². The topological polar surface area (TPSA) is 84.7 Å². The van der Waals surface area contributed by atoms with E-state index in [0.29, 0.717) is 10.8 Å². The molecule has 2 N–H and O–H groups in total. The highest BCUT2D eigenvalue weighted by atomic mass is 35.5. The van der Waals surface area contributed by atoms with Crippen LogP contribution in [0.3, 0.4) is 0 Å². The van der Waals surface area contributed by atoms with Crippen molar-refractivity contribution in [2.75, 3.05) is 11.6 Å². The van der Waals surface area contributed by atoms with Crippen molar-refractivity contribution in [1.29, 1.82) is 0 Å². The maximum atomic E-state index is 12.6. The van der Waals surface area contributed by atoms with Gasteiger partial charge < -0.3 is 5.32 Å². The summed E-state index contributed by atoms with van der Waals surface area (Å²) in [5.74, 6) is 0.431. The Morgan fingerprint density at radius 1 is 1.26 bits per heavy atom. The highest BCUT2D eigenvalue weighted by molar-refractivity contribution is 7.98. The Morgan fingerprint density at radius 2 is 2.06 bits per heavy atom. The molecule has 2 amide bonds. The number of nitrogens with one attached hydrogen (secondary N) is 2. The maximum Gasteiger partial charge on any atom is 0.320 e. The van der Waals surface area contributed by atoms with Gasteiger partial charge in [-0.2, -0.15) is 5.10 Å². The van der Waals surface area contributed by atoms with Crippen LogP contribution in [-0.4, -0.2) is 32.0 Å². The Kier molecular flexibility index (Phi) is 5.94. The van der Waals surface area contributed by atoms with Crippen LogP contribution in [0.2, 0.25) is 5.02 Å². The number of fused-ring (bicyclic) bond motifs is 1. The quantitative estimate of drug-likeness (QED) is 0.516. The highest BCUT2D eigenvalue weighted by Crippen LogP contribution is 2.39. The van der Waals surface area contributed by atoms with Gasteiger partial charge in [0.15, 0.2) is 0 Å². The number of urea groups is 1. The Bertz CT molecular complexity index is 1130. The van der Waals surface area contributed by atoms with Gasteiger partial charge in [-0.1, -0.05) is 25.4 Å². The van der Waals surface area contributed by atoms with Crippen LogP contribution in [0.25, 0.3) is 11.1 Å². The normalized spacial score (nSPS) is 15.4. The van der Waals surface area contributed by atoms with E-state index >= 15 is 0 Å². The lowest BCUT2D eigenvalue weighted by Crippen LogP contribution is -2.31. The van der Waals surface area contributed by atoms with E-state index in [4.69, 9.17) is 11.6 Å². The minimum absolute atomic E-state index is 0.165. The number of thioether (sulfide) groups is 1. The summed E-state index contributed by atoms with van der Waals surface area (Å²) in [7, 11) is 0. The second-order valence-electron chi connectivity index (χ2n) is 8.50. The lowest BCUT2D eigenvalue weighted by atomic mass is 9.89. The van der Waals surface area contributed by atoms with Gasteiger partial charge >= 0.3 is 6.03 Å². The zero-order chi connectivity index (χ0) is 22.2. The molecule has 0 fully saturated rings. The van der Waals surface area contributed by atoms with Crippen molar-refractivity contribution >= 4 is 35.2 Å². The summed E-state index contributed by atoms with van der Waals surface area (Å²) in [6.45, 7) is 7.26. The molecular weight excluding hydrogens is 432 g/mol. The zero-order valence-corrected chi connectivity index (χ0v) is 19.5. The van der Waals surface area contributed by atoms with Gasteiger partial charge in [0, 0.05) is 35.8 Å². The van der Waals surface area contributed by atoms with Crippen LogP contribution in [-0.2, 0) is 13.0 Å². The van der Waals surface area contributed by atoms with Crippen LogP contribution in [0.4, 0.5) is 10.6 Å². The van der Waals surface area contributed by atoms with Crippen molar-refractivity contribution in [3.05, 3.63) is 53.1 Å². The number of hydrogen-bond donors (Lipinski definition) is 2. The molecule has 3 aromatic rings. The molecule has 0 aliphatic carbocycles. The summed E-state index contributed by atoms with van der Waals surface area (Å²) in [6.07, 6.45) is 8.04. The summed E-state index contributed by atoms with van der Waals surface area (Å²) in [4.78, 5) is 21.1. The molecule has 1 unspecified atom stereocenters. The third-order valence-electron chi connectivity index (χ3n) is 5.38. The number of rotatable bonds is 5. The van der Waals surface area contributed by atoms with Crippen molar-refractivity contribution in [3.63, 3.8) is 0 Å². The molecule has 0 aromatic carbocycles. The Balaban J connectivity index is 1.50. The number of nitrogens with zero attached hydrogens (tertiary/aromatic N) is 4. The first-order chi connectivity index (χ1) is 14.8. The van der Waals surface area contributed by atoms with Gasteiger partial charge in [0.2, 0.25) is 0 Å². The predicted molar refractivity (Wildman–Crippen MR) is 125 cm³/mol. The molecule has 3 aromatic heterocycles. The molecule has 0 saturated carbocycles. The fourth-order valence-corrected chi connectivity index (χ4v) is 4.45. The summed E-state index contributed by atoms with van der Waals surface area (Å²) in [5, 5.41) is 11.7. The molecule has 7 nitrogen and oxygen atoms in total. The Morgan fingerprint density at radius 3 is 2.84 bits per heavy atom. The van der Waals surface area contributed by atoms with Crippen LogP contribution >= 0.6 is 23.4 Å². The number of halogens is 1. The minimum atomic E-state index is -0.336. The first-order valence-corrected chi connectivity index (χ1v) is 11.6. The Labute approximate surface area is 191 Å². The standard InChI is InChI=1S/C22H25ClN6OS/c1-13(14-5-6-24-20(7-14)31-4)27-21(30)28-19-8-15(17(23)11-25-19)16-10-26-29-12-22(2,3)9-18(16)29/h5-8,10-11,13H,9,12H2,1-4H3,(H2,25,27,28,30). The molecule has 9 heteroatoms. The Hall–Kier alpha value is -2.58. The van der Waals surface area contributed by atoms with Gasteiger partial charge in [0.25, 0.3) is 0 Å². The van der Waals surface area contributed by atoms with E-state index in [1.165, 1.54) is 0 Å². The average Bonchev–Trinajstić information content (AvgIpc) is 3.24. The number of aromatic nitrogens is 4. The average molecular weight is 457 g/mol. The van der Waals surface area contributed by atoms with Crippen molar-refractivity contribution in [3.8, 4) is 11.1 Å². The van der Waals surface area contributed by atoms with Gasteiger partial charge in [-0.3, -0.25) is 10.00 Å². The summed E-state index contributed by atoms with van der Waals surface area (Å²) in [6, 6.07) is 5.15. The largest absolute Gasteiger partial charge is 0.331 e. The fraction of sp³-hybridized carbons (Fsp3) is 0.364. The summed E-state index contributed by atoms with van der Waals surface area (Å²) >= 11 is 8.02. The van der Waals surface area contributed by atoms with Gasteiger partial charge in [-0.15, -0.1) is 11.8 Å². The van der Waals surface area contributed by atoms with Crippen molar-refractivity contribution < 1.29 is 4.79 Å². The smallest absolute Gasteiger partial charge is 0.320 e. The fourth-order valence-electron chi connectivity index (χ4n) is 3.82. The van der Waals surface area contributed by atoms with Crippen LogP contribution in [0.15, 0.2) is 41.8 Å². The molecule has 1 aliphatic rings. The van der Waals surface area contributed by atoms with E-state index < -0.39 is 0 Å². The molecular formula is C22H25ClN6OS. The molecule has 4 rings (SSSR count). The lowest BCUT2D eigenvalue weighted by molar-refractivity contribution is 0.249. The van der Waals surface area contributed by atoms with Gasteiger partial charge in [-0.05, 0) is 48.8 Å². The second kappa shape index (κ2) is 8.51. The molecule has 1 atom stereocenters. The maximum absolute atomic E-state index is 12.6. The highest BCUT2D eigenvalue weighted by Gasteiger charge is 2.32. The van der Waals surface area contributed by atoms with Gasteiger partial charge in [-0.25, -0.2) is 14.8 Å². The van der Waals surface area contributed by atoms with Gasteiger partial charge in [0.05, 0.1) is 22.3 Å². The predicted octanol–water partition coefficient (Wildman–Crippen LogP) is 5.18. The number of carbonyl (C=O) groups is 1. The van der Waals surface area contributed by atoms with E-state index in [0.717, 1.165) is 40.4 Å². The molecule has 162 valence electrons. The second-order valence-corrected chi connectivity index (χ2v) is 9.74. The van der Waals surface area contributed by atoms with E-state index in [1.807, 2.05) is 36.2 Å². The third kappa shape index (κ3) is 4.70. The molecule has 31 heavy (non-hydrogen) atoms. The number of amides is 2. The van der Waals surface area contributed by atoms with Crippen molar-refractivity contribution in [2.45, 2.75) is 44.8 Å². The van der Waals surface area contributed by atoms with Gasteiger partial charge in [0.1, 0.15) is 5.82 Å². The van der Waals surface area contributed by atoms with Crippen LogP contribution < -0.4 is 10.6 Å². The van der Waals surface area contributed by atoms with Crippen LogP contribution in [0, 0.1) is 5.41 Å². The van der Waals surface area contributed by atoms with Crippen LogP contribution in [0.1, 0.15) is 38.1 Å². The molecule has 0 spiro atoms. The number of anilines is 1. The molecule has 0 bridgehead atoms. The number of pyridine rings is 2.